The Morgan fingerprint density at radius 2 is 1.88 bits per heavy atom. The van der Waals surface area contributed by atoms with Gasteiger partial charge < -0.3 is 15.0 Å². The van der Waals surface area contributed by atoms with Crippen molar-refractivity contribution in [1.82, 2.24) is 10.2 Å². The summed E-state index contributed by atoms with van der Waals surface area (Å²) in [6.07, 6.45) is 4.32. The first-order chi connectivity index (χ1) is 15.5. The van der Waals surface area contributed by atoms with Crippen LogP contribution in [0.4, 0.5) is 0 Å². The number of hydrogen-bond donors (Lipinski definition) is 1. The molecule has 3 rings (SSSR count). The van der Waals surface area contributed by atoms with E-state index in [0.29, 0.717) is 23.1 Å². The maximum Gasteiger partial charge on any atom is 0.242 e. The van der Waals surface area contributed by atoms with Gasteiger partial charge in [0.25, 0.3) is 0 Å². The van der Waals surface area contributed by atoms with Crippen molar-refractivity contribution in [2.24, 2.45) is 0 Å². The van der Waals surface area contributed by atoms with E-state index in [9.17, 15) is 9.59 Å². The van der Waals surface area contributed by atoms with Crippen molar-refractivity contribution in [3.05, 3.63) is 64.7 Å². The van der Waals surface area contributed by atoms with Crippen LogP contribution in [-0.4, -0.2) is 41.7 Å². The van der Waals surface area contributed by atoms with Crippen molar-refractivity contribution in [2.75, 3.05) is 12.9 Å². The molecule has 2 aromatic rings. The van der Waals surface area contributed by atoms with Gasteiger partial charge in [-0.05, 0) is 55.2 Å². The molecule has 0 heterocycles. The molecule has 172 valence electrons. The largest absolute Gasteiger partial charge is 0.497 e. The normalized spacial score (nSPS) is 14.7. The molecule has 1 unspecified atom stereocenters. The molecule has 1 atom stereocenters. The second-order valence-electron chi connectivity index (χ2n) is 8.16. The van der Waals surface area contributed by atoms with Crippen LogP contribution >= 0.6 is 23.4 Å². The van der Waals surface area contributed by atoms with Gasteiger partial charge in [0, 0.05) is 23.4 Å². The first kappa shape index (κ1) is 24.5. The summed E-state index contributed by atoms with van der Waals surface area (Å²) in [5.74, 6) is 1.67. The Morgan fingerprint density at radius 1 is 1.16 bits per heavy atom. The van der Waals surface area contributed by atoms with Crippen LogP contribution in [0.15, 0.2) is 48.5 Å². The van der Waals surface area contributed by atoms with Gasteiger partial charge in [0.05, 0.1) is 12.9 Å². The van der Waals surface area contributed by atoms with Crippen LogP contribution < -0.4 is 10.1 Å². The molecule has 2 amide bonds. The molecule has 1 aliphatic rings. The minimum absolute atomic E-state index is 0.0578. The molecule has 0 spiro atoms. The van der Waals surface area contributed by atoms with Gasteiger partial charge in [-0.3, -0.25) is 9.59 Å². The van der Waals surface area contributed by atoms with E-state index < -0.39 is 6.04 Å². The van der Waals surface area contributed by atoms with Gasteiger partial charge >= 0.3 is 0 Å². The number of thioether (sulfide) groups is 1. The van der Waals surface area contributed by atoms with E-state index in [4.69, 9.17) is 16.3 Å². The molecule has 1 N–H and O–H groups in total. The smallest absolute Gasteiger partial charge is 0.242 e. The van der Waals surface area contributed by atoms with Crippen molar-refractivity contribution in [3.8, 4) is 5.75 Å². The third-order valence-corrected chi connectivity index (χ3v) is 6.99. The summed E-state index contributed by atoms with van der Waals surface area (Å²) >= 11 is 7.68. The van der Waals surface area contributed by atoms with Gasteiger partial charge in [-0.2, -0.15) is 0 Å². The lowest BCUT2D eigenvalue weighted by atomic mass is 10.1. The summed E-state index contributed by atoms with van der Waals surface area (Å²) in [7, 11) is 1.64. The third-order valence-electron chi connectivity index (χ3n) is 5.76. The molecule has 32 heavy (non-hydrogen) atoms. The Bertz CT molecular complexity index is 900. The lowest BCUT2D eigenvalue weighted by Gasteiger charge is -2.29. The molecule has 0 aliphatic heterocycles. The first-order valence-electron chi connectivity index (χ1n) is 11.0. The minimum atomic E-state index is -0.552. The quantitative estimate of drug-likeness (QED) is 0.523. The summed E-state index contributed by atoms with van der Waals surface area (Å²) in [5.41, 5.74) is 2.03. The van der Waals surface area contributed by atoms with Gasteiger partial charge in [-0.25, -0.2) is 0 Å². The summed E-state index contributed by atoms with van der Waals surface area (Å²) in [4.78, 5) is 27.8. The van der Waals surface area contributed by atoms with Crippen LogP contribution in [0.5, 0.6) is 5.75 Å². The predicted molar refractivity (Wildman–Crippen MR) is 131 cm³/mol. The molecule has 5 nitrogen and oxygen atoms in total. The second kappa shape index (κ2) is 12.2. The highest BCUT2D eigenvalue weighted by Crippen LogP contribution is 2.21. The summed E-state index contributed by atoms with van der Waals surface area (Å²) in [5, 5.41) is 3.74. The fourth-order valence-electron chi connectivity index (χ4n) is 3.87. The number of nitrogens with zero attached hydrogens (tertiary/aromatic N) is 1. The minimum Gasteiger partial charge on any atom is -0.497 e. The molecule has 1 saturated carbocycles. The first-order valence-corrected chi connectivity index (χ1v) is 12.5. The van der Waals surface area contributed by atoms with Gasteiger partial charge in [0.1, 0.15) is 11.8 Å². The third kappa shape index (κ3) is 7.17. The SMILES string of the molecule is COc1ccc(CSCC(=O)N(Cc2cccc(Cl)c2)C(C)C(=O)NC2CCCC2)cc1. The maximum atomic E-state index is 13.2. The molecular weight excluding hydrogens is 444 g/mol. The zero-order chi connectivity index (χ0) is 22.9. The molecule has 7 heteroatoms. The lowest BCUT2D eigenvalue weighted by molar-refractivity contribution is -0.138. The standard InChI is InChI=1S/C25H31ClN2O3S/c1-18(25(30)27-22-8-3-4-9-22)28(15-20-6-5-7-21(26)14-20)24(29)17-32-16-19-10-12-23(31-2)13-11-19/h5-7,10-14,18,22H,3-4,8-9,15-17H2,1-2H3,(H,27,30). The van der Waals surface area contributed by atoms with Crippen molar-refractivity contribution < 1.29 is 14.3 Å². The average Bonchev–Trinajstić information content (AvgIpc) is 3.30. The van der Waals surface area contributed by atoms with Crippen LogP contribution in [-0.2, 0) is 21.9 Å². The van der Waals surface area contributed by atoms with E-state index >= 15 is 0 Å². The van der Waals surface area contributed by atoms with E-state index in [0.717, 1.165) is 42.6 Å². The number of hydrogen-bond acceptors (Lipinski definition) is 4. The fourth-order valence-corrected chi connectivity index (χ4v) is 4.95. The number of rotatable bonds is 10. The van der Waals surface area contributed by atoms with Crippen LogP contribution in [0.2, 0.25) is 5.02 Å². The van der Waals surface area contributed by atoms with Gasteiger partial charge in [0.2, 0.25) is 11.8 Å². The zero-order valence-corrected chi connectivity index (χ0v) is 20.3. The second-order valence-corrected chi connectivity index (χ2v) is 9.58. The number of benzene rings is 2. The molecule has 0 aromatic heterocycles. The van der Waals surface area contributed by atoms with E-state index in [1.54, 1.807) is 36.8 Å². The lowest BCUT2D eigenvalue weighted by Crippen LogP contribution is -2.50. The molecule has 0 radical (unpaired) electrons. The highest BCUT2D eigenvalue weighted by molar-refractivity contribution is 7.99. The van der Waals surface area contributed by atoms with E-state index in [1.165, 1.54) is 0 Å². The Balaban J connectivity index is 1.63. The van der Waals surface area contributed by atoms with E-state index in [2.05, 4.69) is 5.32 Å². The van der Waals surface area contributed by atoms with Crippen molar-refractivity contribution in [1.29, 1.82) is 0 Å². The number of methoxy groups -OCH3 is 1. The summed E-state index contributed by atoms with van der Waals surface area (Å²) < 4.78 is 5.19. The zero-order valence-electron chi connectivity index (χ0n) is 18.7. The molecule has 1 fully saturated rings. The topological polar surface area (TPSA) is 58.6 Å². The number of nitrogens with one attached hydrogen (secondary N) is 1. The monoisotopic (exact) mass is 474 g/mol. The van der Waals surface area contributed by atoms with Crippen LogP contribution in [0.3, 0.4) is 0 Å². The van der Waals surface area contributed by atoms with Crippen molar-refractivity contribution in [2.45, 2.75) is 57.0 Å². The molecule has 1 aliphatic carbocycles. The van der Waals surface area contributed by atoms with Gasteiger partial charge in [-0.15, -0.1) is 11.8 Å². The van der Waals surface area contributed by atoms with E-state index in [1.807, 2.05) is 42.5 Å². The molecule has 0 saturated heterocycles. The number of carbonyl (C=O) groups is 2. The molecule has 0 bridgehead atoms. The fraction of sp³-hybridized carbons (Fsp3) is 0.440. The van der Waals surface area contributed by atoms with E-state index in [-0.39, 0.29) is 17.9 Å². The Hall–Kier alpha value is -2.18. The predicted octanol–water partition coefficient (Wildman–Crippen LogP) is 5.06. The van der Waals surface area contributed by atoms with Gasteiger partial charge in [0.15, 0.2) is 0 Å². The molecule has 2 aromatic carbocycles. The van der Waals surface area contributed by atoms with Crippen LogP contribution in [0.1, 0.15) is 43.7 Å². The number of carbonyl (C=O) groups excluding carboxylic acids is 2. The Labute approximate surface area is 199 Å². The van der Waals surface area contributed by atoms with Gasteiger partial charge in [-0.1, -0.05) is 48.7 Å². The maximum absolute atomic E-state index is 13.2. The average molecular weight is 475 g/mol. The van der Waals surface area contributed by atoms with Crippen LogP contribution in [0.25, 0.3) is 0 Å². The summed E-state index contributed by atoms with van der Waals surface area (Å²) in [6.45, 7) is 2.16. The number of halogens is 1. The van der Waals surface area contributed by atoms with Crippen molar-refractivity contribution >= 4 is 35.2 Å². The number of amides is 2. The Morgan fingerprint density at radius 3 is 2.53 bits per heavy atom. The Kier molecular flexibility index (Phi) is 9.30. The van der Waals surface area contributed by atoms with Crippen LogP contribution in [0, 0.1) is 0 Å². The molecular formula is C25H31ClN2O3S. The highest BCUT2D eigenvalue weighted by Gasteiger charge is 2.28. The number of ether oxygens (including phenoxy) is 1. The van der Waals surface area contributed by atoms with Crippen molar-refractivity contribution in [3.63, 3.8) is 0 Å². The summed E-state index contributed by atoms with van der Waals surface area (Å²) in [6, 6.07) is 14.9. The highest BCUT2D eigenvalue weighted by atomic mass is 35.5.